The highest BCUT2D eigenvalue weighted by molar-refractivity contribution is 6.42. The van der Waals surface area contributed by atoms with Crippen LogP contribution in [0.2, 0.25) is 10.0 Å². The molecule has 0 heterocycles. The molecule has 2 nitrogen and oxygen atoms in total. The smallest absolute Gasteiger partial charge is 0.0612 e. The van der Waals surface area contributed by atoms with E-state index in [9.17, 15) is 0 Å². The van der Waals surface area contributed by atoms with E-state index in [1.54, 1.807) is 12.1 Å². The maximum Gasteiger partial charge on any atom is 0.0612 e. The second kappa shape index (κ2) is 4.87. The topological polar surface area (TPSA) is 38.0 Å². The van der Waals surface area contributed by atoms with Crippen molar-refractivity contribution in [2.75, 3.05) is 5.32 Å². The Labute approximate surface area is 94.4 Å². The van der Waals surface area contributed by atoms with Crippen LogP contribution in [-0.2, 0) is 0 Å². The fraction of sp³-hybridized carbons (Fsp3) is 0.400. The molecule has 0 aromatic heterocycles. The number of rotatable bonds is 3. The first-order chi connectivity index (χ1) is 6.50. The summed E-state index contributed by atoms with van der Waals surface area (Å²) in [6.45, 7) is 3.97. The molecule has 0 aliphatic rings. The number of nitrogens with one attached hydrogen (secondary N) is 1. The molecule has 0 radical (unpaired) electrons. The Kier molecular flexibility index (Phi) is 4.05. The first-order valence-corrected chi connectivity index (χ1v) is 5.23. The van der Waals surface area contributed by atoms with Crippen molar-refractivity contribution in [2.24, 2.45) is 5.73 Å². The van der Waals surface area contributed by atoms with Gasteiger partial charge in [-0.05, 0) is 32.0 Å². The van der Waals surface area contributed by atoms with Crippen LogP contribution in [0.3, 0.4) is 0 Å². The third-order valence-electron chi connectivity index (χ3n) is 2.10. The predicted molar refractivity (Wildman–Crippen MR) is 63.2 cm³/mol. The van der Waals surface area contributed by atoms with Crippen LogP contribution < -0.4 is 11.1 Å². The van der Waals surface area contributed by atoms with Gasteiger partial charge in [0, 0.05) is 17.8 Å². The van der Waals surface area contributed by atoms with E-state index in [0.717, 1.165) is 5.69 Å². The van der Waals surface area contributed by atoms with Crippen LogP contribution in [0.5, 0.6) is 0 Å². The quantitative estimate of drug-likeness (QED) is 0.841. The van der Waals surface area contributed by atoms with Crippen molar-refractivity contribution in [3.8, 4) is 0 Å². The molecule has 78 valence electrons. The third-order valence-corrected chi connectivity index (χ3v) is 2.84. The van der Waals surface area contributed by atoms with Crippen molar-refractivity contribution in [3.63, 3.8) is 0 Å². The summed E-state index contributed by atoms with van der Waals surface area (Å²) >= 11 is 11.7. The van der Waals surface area contributed by atoms with Gasteiger partial charge in [-0.15, -0.1) is 0 Å². The molecule has 2 atom stereocenters. The fourth-order valence-corrected chi connectivity index (χ4v) is 1.28. The number of hydrogen-bond acceptors (Lipinski definition) is 2. The molecule has 0 amide bonds. The van der Waals surface area contributed by atoms with Crippen LogP contribution in [0.4, 0.5) is 5.69 Å². The lowest BCUT2D eigenvalue weighted by Crippen LogP contribution is -2.35. The standard InChI is InChI=1S/C10H14Cl2N2/c1-6(13)7(2)14-8-3-4-9(11)10(12)5-8/h3-7,14H,13H2,1-2H3. The highest BCUT2D eigenvalue weighted by Crippen LogP contribution is 2.25. The molecule has 0 fully saturated rings. The molecule has 3 N–H and O–H groups in total. The molecule has 1 rings (SSSR count). The van der Waals surface area contributed by atoms with E-state index in [2.05, 4.69) is 5.32 Å². The van der Waals surface area contributed by atoms with E-state index in [1.165, 1.54) is 0 Å². The van der Waals surface area contributed by atoms with Gasteiger partial charge in [-0.2, -0.15) is 0 Å². The monoisotopic (exact) mass is 232 g/mol. The lowest BCUT2D eigenvalue weighted by molar-refractivity contribution is 0.638. The van der Waals surface area contributed by atoms with Gasteiger partial charge in [0.25, 0.3) is 0 Å². The molecule has 2 unspecified atom stereocenters. The lowest BCUT2D eigenvalue weighted by atomic mass is 10.2. The molecule has 0 aliphatic heterocycles. The molecule has 1 aromatic carbocycles. The molecule has 0 saturated heterocycles. The summed E-state index contributed by atoms with van der Waals surface area (Å²) in [5.41, 5.74) is 6.66. The SMILES string of the molecule is CC(N)C(C)Nc1ccc(Cl)c(Cl)c1. The Balaban J connectivity index is 2.73. The first kappa shape index (κ1) is 11.6. The third kappa shape index (κ3) is 3.05. The molecule has 1 aromatic rings. The van der Waals surface area contributed by atoms with Crippen molar-refractivity contribution in [1.82, 2.24) is 0 Å². The molecular weight excluding hydrogens is 219 g/mol. The van der Waals surface area contributed by atoms with Gasteiger partial charge in [0.2, 0.25) is 0 Å². The van der Waals surface area contributed by atoms with Crippen molar-refractivity contribution in [3.05, 3.63) is 28.2 Å². The zero-order valence-corrected chi connectivity index (χ0v) is 9.73. The molecule has 0 spiro atoms. The Morgan fingerprint density at radius 2 is 1.86 bits per heavy atom. The van der Waals surface area contributed by atoms with Crippen LogP contribution in [0.25, 0.3) is 0 Å². The summed E-state index contributed by atoms with van der Waals surface area (Å²) in [6.07, 6.45) is 0. The maximum atomic E-state index is 5.87. The van der Waals surface area contributed by atoms with Crippen LogP contribution in [0.15, 0.2) is 18.2 Å². The first-order valence-electron chi connectivity index (χ1n) is 4.48. The fourth-order valence-electron chi connectivity index (χ4n) is 0.980. The summed E-state index contributed by atoms with van der Waals surface area (Å²) in [4.78, 5) is 0. The van der Waals surface area contributed by atoms with Gasteiger partial charge >= 0.3 is 0 Å². The maximum absolute atomic E-state index is 5.87. The normalized spacial score (nSPS) is 14.9. The van der Waals surface area contributed by atoms with Gasteiger partial charge in [-0.3, -0.25) is 0 Å². The minimum Gasteiger partial charge on any atom is -0.381 e. The summed E-state index contributed by atoms with van der Waals surface area (Å²) in [5, 5.41) is 4.35. The van der Waals surface area contributed by atoms with E-state index in [4.69, 9.17) is 28.9 Å². The van der Waals surface area contributed by atoms with Crippen LogP contribution >= 0.6 is 23.2 Å². The van der Waals surface area contributed by atoms with Crippen LogP contribution in [0.1, 0.15) is 13.8 Å². The summed E-state index contributed by atoms with van der Waals surface area (Å²) in [7, 11) is 0. The predicted octanol–water partition coefficient (Wildman–Crippen LogP) is 3.14. The highest BCUT2D eigenvalue weighted by atomic mass is 35.5. The Morgan fingerprint density at radius 3 is 2.36 bits per heavy atom. The van der Waals surface area contributed by atoms with Crippen molar-refractivity contribution in [1.29, 1.82) is 0 Å². The van der Waals surface area contributed by atoms with Gasteiger partial charge < -0.3 is 11.1 Å². The summed E-state index contributed by atoms with van der Waals surface area (Å²) in [5.74, 6) is 0. The minimum absolute atomic E-state index is 0.0875. The van der Waals surface area contributed by atoms with Crippen LogP contribution in [-0.4, -0.2) is 12.1 Å². The number of hydrogen-bond donors (Lipinski definition) is 2. The Morgan fingerprint density at radius 1 is 1.21 bits per heavy atom. The summed E-state index contributed by atoms with van der Waals surface area (Å²) < 4.78 is 0. The zero-order chi connectivity index (χ0) is 10.7. The average molecular weight is 233 g/mol. The van der Waals surface area contributed by atoms with Crippen molar-refractivity contribution < 1.29 is 0 Å². The molecular formula is C10H14Cl2N2. The van der Waals surface area contributed by atoms with Gasteiger partial charge in [-0.25, -0.2) is 0 Å². The minimum atomic E-state index is 0.0875. The van der Waals surface area contributed by atoms with Gasteiger partial charge in [0.05, 0.1) is 10.0 Å². The average Bonchev–Trinajstić information content (AvgIpc) is 2.11. The molecule has 0 saturated carbocycles. The van der Waals surface area contributed by atoms with E-state index in [0.29, 0.717) is 10.0 Å². The van der Waals surface area contributed by atoms with E-state index < -0.39 is 0 Å². The second-order valence-corrected chi connectivity index (χ2v) is 4.24. The molecule has 4 heteroatoms. The Hall–Kier alpha value is -0.440. The van der Waals surface area contributed by atoms with Crippen molar-refractivity contribution >= 4 is 28.9 Å². The lowest BCUT2D eigenvalue weighted by Gasteiger charge is -2.18. The van der Waals surface area contributed by atoms with E-state index >= 15 is 0 Å². The van der Waals surface area contributed by atoms with Gasteiger partial charge in [-0.1, -0.05) is 23.2 Å². The molecule has 0 bridgehead atoms. The Bertz CT molecular complexity index is 313. The largest absolute Gasteiger partial charge is 0.381 e. The number of anilines is 1. The van der Waals surface area contributed by atoms with Gasteiger partial charge in [0.1, 0.15) is 0 Å². The number of nitrogens with two attached hydrogens (primary N) is 1. The van der Waals surface area contributed by atoms with Crippen LogP contribution in [0, 0.1) is 0 Å². The van der Waals surface area contributed by atoms with E-state index in [-0.39, 0.29) is 12.1 Å². The number of halogens is 2. The molecule has 0 aliphatic carbocycles. The number of benzene rings is 1. The summed E-state index contributed by atoms with van der Waals surface area (Å²) in [6, 6.07) is 5.73. The highest BCUT2D eigenvalue weighted by Gasteiger charge is 2.07. The second-order valence-electron chi connectivity index (χ2n) is 3.42. The van der Waals surface area contributed by atoms with Gasteiger partial charge in [0.15, 0.2) is 0 Å². The van der Waals surface area contributed by atoms with Crippen molar-refractivity contribution in [2.45, 2.75) is 25.9 Å². The van der Waals surface area contributed by atoms with E-state index in [1.807, 2.05) is 19.9 Å². The zero-order valence-electron chi connectivity index (χ0n) is 8.22. The molecule has 14 heavy (non-hydrogen) atoms.